The lowest BCUT2D eigenvalue weighted by atomic mass is 10.1. The number of aromatic hydroxyl groups is 1. The first-order valence-corrected chi connectivity index (χ1v) is 10.2. The summed E-state index contributed by atoms with van der Waals surface area (Å²) < 4.78 is 1.49. The van der Waals surface area contributed by atoms with E-state index < -0.39 is 0 Å². The van der Waals surface area contributed by atoms with Gasteiger partial charge in [-0.15, -0.1) is 25.0 Å². The van der Waals surface area contributed by atoms with Crippen LogP contribution in [-0.4, -0.2) is 65.3 Å². The van der Waals surface area contributed by atoms with Crippen LogP contribution in [0.4, 0.5) is 5.95 Å². The molecule has 1 aliphatic rings. The molecule has 10 nitrogen and oxygen atoms in total. The molecule has 0 spiro atoms. The van der Waals surface area contributed by atoms with Crippen molar-refractivity contribution in [2.75, 3.05) is 18.0 Å². The Morgan fingerprint density at radius 1 is 1.00 bits per heavy atom. The molecule has 0 unspecified atom stereocenters. The second-order valence-electron chi connectivity index (χ2n) is 7.97. The number of phenols is 1. The van der Waals surface area contributed by atoms with E-state index in [1.165, 1.54) is 4.63 Å². The summed E-state index contributed by atoms with van der Waals surface area (Å²) >= 11 is 0. The number of aromatic nitrogens is 7. The van der Waals surface area contributed by atoms with Crippen molar-refractivity contribution in [1.29, 1.82) is 0 Å². The molecule has 10 heteroatoms. The van der Waals surface area contributed by atoms with Crippen LogP contribution in [0.3, 0.4) is 0 Å². The summed E-state index contributed by atoms with van der Waals surface area (Å²) in [4.78, 5) is 10.9. The fourth-order valence-corrected chi connectivity index (χ4v) is 3.98. The lowest BCUT2D eigenvalue weighted by Gasteiger charge is -2.35. The third-order valence-electron chi connectivity index (χ3n) is 5.27. The number of aryl methyl sites for hydroxylation is 1. The van der Waals surface area contributed by atoms with E-state index in [1.54, 1.807) is 18.3 Å². The summed E-state index contributed by atoms with van der Waals surface area (Å²) in [5.41, 5.74) is 3.20. The molecular weight excluding hydrogens is 394 g/mol. The van der Waals surface area contributed by atoms with Gasteiger partial charge in [-0.25, -0.2) is 9.97 Å². The molecule has 2 N–H and O–H groups in total. The van der Waals surface area contributed by atoms with Crippen molar-refractivity contribution in [2.45, 2.75) is 32.9 Å². The zero-order valence-corrected chi connectivity index (χ0v) is 17.6. The predicted molar refractivity (Wildman–Crippen MR) is 116 cm³/mol. The van der Waals surface area contributed by atoms with E-state index >= 15 is 0 Å². The van der Waals surface area contributed by atoms with E-state index in [1.807, 2.05) is 25.1 Å². The smallest absolute Gasteiger partial charge is 0.245 e. The molecule has 0 saturated carbocycles. The molecule has 1 aromatic carbocycles. The number of benzene rings is 1. The van der Waals surface area contributed by atoms with Gasteiger partial charge in [0.1, 0.15) is 17.3 Å². The zero-order valence-electron chi connectivity index (χ0n) is 17.6. The van der Waals surface area contributed by atoms with Crippen LogP contribution in [0, 0.1) is 6.92 Å². The highest BCUT2D eigenvalue weighted by Crippen LogP contribution is 2.31. The van der Waals surface area contributed by atoms with Crippen LogP contribution in [-0.2, 0) is 0 Å². The zero-order chi connectivity index (χ0) is 21.5. The van der Waals surface area contributed by atoms with E-state index in [4.69, 9.17) is 0 Å². The van der Waals surface area contributed by atoms with Crippen LogP contribution in [0.5, 0.6) is 5.75 Å². The van der Waals surface area contributed by atoms with Gasteiger partial charge >= 0.3 is 0 Å². The van der Waals surface area contributed by atoms with Gasteiger partial charge in [0.05, 0.1) is 11.9 Å². The number of hydrogen-bond donors (Lipinski definition) is 2. The van der Waals surface area contributed by atoms with Gasteiger partial charge in [0.25, 0.3) is 0 Å². The standard InChI is InChI=1S/C21H23N9O/c1-12-10-29(11-13(2)23-12)21-22-9-18(25-26-21)16-5-4-15(8-19(16)31)17-6-7-20-24-14(3)27-30(20)28-17/h4-9,12-13,23,31H,10-11H2,1-3H3/t12-,13+. The third-order valence-corrected chi connectivity index (χ3v) is 5.27. The molecule has 2 atom stereocenters. The maximum absolute atomic E-state index is 10.6. The van der Waals surface area contributed by atoms with Gasteiger partial charge in [-0.1, -0.05) is 6.07 Å². The summed E-state index contributed by atoms with van der Waals surface area (Å²) in [5.74, 6) is 1.34. The van der Waals surface area contributed by atoms with Crippen LogP contribution in [0.15, 0.2) is 36.5 Å². The van der Waals surface area contributed by atoms with E-state index in [0.717, 1.165) is 18.7 Å². The van der Waals surface area contributed by atoms with Crippen molar-refractivity contribution in [2.24, 2.45) is 0 Å². The van der Waals surface area contributed by atoms with Crippen molar-refractivity contribution < 1.29 is 5.11 Å². The summed E-state index contributed by atoms with van der Waals surface area (Å²) in [6.45, 7) is 7.75. The molecule has 4 heterocycles. The van der Waals surface area contributed by atoms with E-state index in [9.17, 15) is 5.11 Å². The average Bonchev–Trinajstić information content (AvgIpc) is 3.12. The average molecular weight is 417 g/mol. The number of fused-ring (bicyclic) bond motifs is 1. The van der Waals surface area contributed by atoms with Gasteiger partial charge in [-0.2, -0.15) is 0 Å². The summed E-state index contributed by atoms with van der Waals surface area (Å²) in [6, 6.07) is 9.74. The molecule has 1 fully saturated rings. The van der Waals surface area contributed by atoms with E-state index in [-0.39, 0.29) is 5.75 Å². The van der Waals surface area contributed by atoms with Crippen LogP contribution in [0.25, 0.3) is 28.2 Å². The minimum Gasteiger partial charge on any atom is -0.507 e. The lowest BCUT2D eigenvalue weighted by Crippen LogP contribution is -2.54. The molecule has 0 radical (unpaired) electrons. The number of piperazine rings is 1. The number of anilines is 1. The Hall–Kier alpha value is -3.66. The second-order valence-corrected chi connectivity index (χ2v) is 7.97. The van der Waals surface area contributed by atoms with Gasteiger partial charge in [-0.05, 0) is 45.0 Å². The molecule has 1 saturated heterocycles. The molecule has 1 aliphatic heterocycles. The SMILES string of the molecule is Cc1nc2ccc(-c3ccc(-c4cnc(N5C[C@@H](C)N[C@@H](C)C5)nn4)c(O)c3)nn2n1. The van der Waals surface area contributed by atoms with Gasteiger partial charge in [0.2, 0.25) is 5.95 Å². The molecular formula is C21H23N9O. The Morgan fingerprint density at radius 3 is 2.52 bits per heavy atom. The molecule has 158 valence electrons. The Labute approximate surface area is 179 Å². The van der Waals surface area contributed by atoms with Gasteiger partial charge in [0, 0.05) is 36.3 Å². The summed E-state index contributed by atoms with van der Waals surface area (Å²) in [7, 11) is 0. The topological polar surface area (TPSA) is 117 Å². The fourth-order valence-electron chi connectivity index (χ4n) is 3.98. The first kappa shape index (κ1) is 19.3. The summed E-state index contributed by atoms with van der Waals surface area (Å²) in [6.07, 6.45) is 1.65. The fraction of sp³-hybridized carbons (Fsp3) is 0.333. The monoisotopic (exact) mass is 417 g/mol. The number of phenolic OH excluding ortho intramolecular Hbond substituents is 1. The van der Waals surface area contributed by atoms with Crippen molar-refractivity contribution >= 4 is 11.6 Å². The molecule has 31 heavy (non-hydrogen) atoms. The molecule has 3 aromatic heterocycles. The molecule has 0 bridgehead atoms. The highest BCUT2D eigenvalue weighted by Gasteiger charge is 2.23. The Kier molecular flexibility index (Phi) is 4.70. The first-order valence-electron chi connectivity index (χ1n) is 10.2. The van der Waals surface area contributed by atoms with Crippen LogP contribution < -0.4 is 10.2 Å². The minimum atomic E-state index is 0.0856. The largest absolute Gasteiger partial charge is 0.507 e. The minimum absolute atomic E-state index is 0.0856. The maximum Gasteiger partial charge on any atom is 0.245 e. The van der Waals surface area contributed by atoms with E-state index in [2.05, 4.69) is 54.4 Å². The third kappa shape index (κ3) is 3.77. The molecule has 0 amide bonds. The van der Waals surface area contributed by atoms with Crippen molar-refractivity contribution in [3.8, 4) is 28.3 Å². The van der Waals surface area contributed by atoms with Gasteiger partial charge in [0.15, 0.2) is 5.65 Å². The molecule has 0 aliphatic carbocycles. The van der Waals surface area contributed by atoms with E-state index in [0.29, 0.717) is 46.5 Å². The van der Waals surface area contributed by atoms with Crippen LogP contribution in [0.1, 0.15) is 19.7 Å². The highest BCUT2D eigenvalue weighted by molar-refractivity contribution is 5.72. The van der Waals surface area contributed by atoms with Gasteiger partial charge in [-0.3, -0.25) is 0 Å². The van der Waals surface area contributed by atoms with Crippen molar-refractivity contribution in [1.82, 2.24) is 40.3 Å². The quantitative estimate of drug-likeness (QED) is 0.515. The normalized spacial score (nSPS) is 19.1. The number of rotatable bonds is 3. The molecule has 4 aromatic rings. The second kappa shape index (κ2) is 7.55. The number of nitrogens with zero attached hydrogens (tertiary/aromatic N) is 8. The van der Waals surface area contributed by atoms with Crippen LogP contribution in [0.2, 0.25) is 0 Å². The maximum atomic E-state index is 10.6. The Bertz CT molecular complexity index is 1230. The lowest BCUT2D eigenvalue weighted by molar-refractivity contribution is 0.402. The Balaban J connectivity index is 1.40. The highest BCUT2D eigenvalue weighted by atomic mass is 16.3. The van der Waals surface area contributed by atoms with Crippen molar-refractivity contribution in [3.05, 3.63) is 42.4 Å². The van der Waals surface area contributed by atoms with Crippen LogP contribution >= 0.6 is 0 Å². The Morgan fingerprint density at radius 2 is 1.81 bits per heavy atom. The summed E-state index contributed by atoms with van der Waals surface area (Å²) in [5, 5.41) is 31.4. The van der Waals surface area contributed by atoms with Gasteiger partial charge < -0.3 is 15.3 Å². The number of hydrogen-bond acceptors (Lipinski definition) is 9. The number of nitrogens with one attached hydrogen (secondary N) is 1. The molecule has 5 rings (SSSR count). The van der Waals surface area contributed by atoms with Crippen molar-refractivity contribution in [3.63, 3.8) is 0 Å². The predicted octanol–water partition coefficient (Wildman–Crippen LogP) is 1.84. The first-order chi connectivity index (χ1) is 15.0.